The molecule has 0 bridgehead atoms. The minimum Gasteiger partial charge on any atom is -0.411 e. The molecule has 1 saturated carbocycles. The third-order valence-electron chi connectivity index (χ3n) is 2.06. The van der Waals surface area contributed by atoms with Crippen molar-refractivity contribution in [3.05, 3.63) is 0 Å². The van der Waals surface area contributed by atoms with Gasteiger partial charge in [0.1, 0.15) is 0 Å². The Morgan fingerprint density at radius 2 is 1.50 bits per heavy atom. The standard InChI is InChI=1S/C8H14N2O2/c1-8(2)4-6(9-11)3-7(5-8)10-12/h11-12H,3-5H2,1-2H3/b9-6+,10-7+. The largest absolute Gasteiger partial charge is 0.411 e. The van der Waals surface area contributed by atoms with Gasteiger partial charge in [-0.25, -0.2) is 0 Å². The van der Waals surface area contributed by atoms with Crippen molar-refractivity contribution in [3.63, 3.8) is 0 Å². The first-order valence-corrected chi connectivity index (χ1v) is 3.97. The van der Waals surface area contributed by atoms with E-state index in [0.717, 1.165) is 12.8 Å². The van der Waals surface area contributed by atoms with Crippen LogP contribution < -0.4 is 0 Å². The first kappa shape index (κ1) is 9.03. The van der Waals surface area contributed by atoms with E-state index in [1.165, 1.54) is 0 Å². The van der Waals surface area contributed by atoms with Crippen LogP contribution in [0.4, 0.5) is 0 Å². The van der Waals surface area contributed by atoms with Gasteiger partial charge < -0.3 is 10.4 Å². The second-order valence-electron chi connectivity index (χ2n) is 4.03. The number of oxime groups is 2. The molecule has 0 aromatic rings. The highest BCUT2D eigenvalue weighted by molar-refractivity contribution is 6.06. The van der Waals surface area contributed by atoms with Gasteiger partial charge in [-0.3, -0.25) is 0 Å². The first-order chi connectivity index (χ1) is 5.57. The van der Waals surface area contributed by atoms with Crippen molar-refractivity contribution in [2.24, 2.45) is 15.7 Å². The molecule has 68 valence electrons. The fraction of sp³-hybridized carbons (Fsp3) is 0.750. The zero-order valence-electron chi connectivity index (χ0n) is 7.41. The van der Waals surface area contributed by atoms with E-state index in [9.17, 15) is 0 Å². The summed E-state index contributed by atoms with van der Waals surface area (Å²) in [5, 5.41) is 23.5. The van der Waals surface area contributed by atoms with E-state index in [0.29, 0.717) is 17.8 Å². The molecule has 0 aliphatic heterocycles. The van der Waals surface area contributed by atoms with Gasteiger partial charge in [-0.2, -0.15) is 0 Å². The second kappa shape index (κ2) is 3.13. The number of hydrogen-bond donors (Lipinski definition) is 2. The highest BCUT2D eigenvalue weighted by Crippen LogP contribution is 2.32. The van der Waals surface area contributed by atoms with E-state index in [1.807, 2.05) is 0 Å². The lowest BCUT2D eigenvalue weighted by Gasteiger charge is -2.29. The average Bonchev–Trinajstić information content (AvgIpc) is 2.01. The van der Waals surface area contributed by atoms with Gasteiger partial charge in [-0.15, -0.1) is 0 Å². The molecule has 0 heterocycles. The molecule has 4 heteroatoms. The predicted octanol–water partition coefficient (Wildman–Crippen LogP) is 1.86. The van der Waals surface area contributed by atoms with E-state index in [4.69, 9.17) is 10.4 Å². The molecule has 1 aliphatic carbocycles. The summed E-state index contributed by atoms with van der Waals surface area (Å²) in [7, 11) is 0. The predicted molar refractivity (Wildman–Crippen MR) is 46.1 cm³/mol. The molecule has 12 heavy (non-hydrogen) atoms. The van der Waals surface area contributed by atoms with Crippen LogP contribution in [0.3, 0.4) is 0 Å². The zero-order chi connectivity index (χ0) is 9.19. The number of nitrogens with zero attached hydrogens (tertiary/aromatic N) is 2. The van der Waals surface area contributed by atoms with Crippen molar-refractivity contribution in [2.45, 2.75) is 33.1 Å². The summed E-state index contributed by atoms with van der Waals surface area (Å²) < 4.78 is 0. The maximum absolute atomic E-state index is 8.59. The molecule has 0 amide bonds. The van der Waals surface area contributed by atoms with Gasteiger partial charge in [-0.05, 0) is 18.3 Å². The zero-order valence-corrected chi connectivity index (χ0v) is 7.41. The van der Waals surface area contributed by atoms with Gasteiger partial charge in [0.05, 0.1) is 11.4 Å². The van der Waals surface area contributed by atoms with E-state index < -0.39 is 0 Å². The fourth-order valence-corrected chi connectivity index (χ4v) is 1.67. The van der Waals surface area contributed by atoms with Crippen LogP contribution in [0.2, 0.25) is 0 Å². The molecule has 1 fully saturated rings. The molecule has 0 unspecified atom stereocenters. The maximum atomic E-state index is 8.59. The summed E-state index contributed by atoms with van der Waals surface area (Å²) in [4.78, 5) is 0. The molecule has 0 atom stereocenters. The summed E-state index contributed by atoms with van der Waals surface area (Å²) in [5.41, 5.74) is 1.43. The van der Waals surface area contributed by atoms with Crippen LogP contribution in [-0.2, 0) is 0 Å². The van der Waals surface area contributed by atoms with Gasteiger partial charge >= 0.3 is 0 Å². The molecule has 0 radical (unpaired) electrons. The van der Waals surface area contributed by atoms with Crippen LogP contribution in [0.1, 0.15) is 33.1 Å². The monoisotopic (exact) mass is 170 g/mol. The van der Waals surface area contributed by atoms with Crippen LogP contribution in [0.5, 0.6) is 0 Å². The Labute approximate surface area is 71.6 Å². The smallest absolute Gasteiger partial charge is 0.0633 e. The van der Waals surface area contributed by atoms with Crippen LogP contribution in [0, 0.1) is 5.41 Å². The lowest BCUT2D eigenvalue weighted by atomic mass is 9.75. The normalized spacial score (nSPS) is 29.5. The van der Waals surface area contributed by atoms with Gasteiger partial charge in [-0.1, -0.05) is 24.2 Å². The maximum Gasteiger partial charge on any atom is 0.0633 e. The van der Waals surface area contributed by atoms with Crippen molar-refractivity contribution < 1.29 is 10.4 Å². The Kier molecular flexibility index (Phi) is 2.35. The Hall–Kier alpha value is -1.06. The Morgan fingerprint density at radius 3 is 1.83 bits per heavy atom. The molecular formula is C8H14N2O2. The van der Waals surface area contributed by atoms with E-state index in [2.05, 4.69) is 24.2 Å². The highest BCUT2D eigenvalue weighted by atomic mass is 16.4. The third-order valence-corrected chi connectivity index (χ3v) is 2.06. The molecule has 0 saturated heterocycles. The summed E-state index contributed by atoms with van der Waals surface area (Å²) >= 11 is 0. The van der Waals surface area contributed by atoms with Gasteiger partial charge in [0.25, 0.3) is 0 Å². The Bertz CT molecular complexity index is 209. The first-order valence-electron chi connectivity index (χ1n) is 3.97. The summed E-state index contributed by atoms with van der Waals surface area (Å²) in [6.07, 6.45) is 2.03. The molecule has 1 aliphatic rings. The lowest BCUT2D eigenvalue weighted by Crippen LogP contribution is -2.29. The van der Waals surface area contributed by atoms with Crippen LogP contribution in [0.15, 0.2) is 10.3 Å². The van der Waals surface area contributed by atoms with Gasteiger partial charge in [0, 0.05) is 6.42 Å². The van der Waals surface area contributed by atoms with E-state index >= 15 is 0 Å². The Balaban J connectivity index is 2.80. The topological polar surface area (TPSA) is 65.2 Å². The molecule has 0 aromatic carbocycles. The van der Waals surface area contributed by atoms with Crippen molar-refractivity contribution >= 4 is 11.4 Å². The number of hydrogen-bond acceptors (Lipinski definition) is 4. The lowest BCUT2D eigenvalue weighted by molar-refractivity contribution is 0.296. The molecule has 4 nitrogen and oxygen atoms in total. The summed E-state index contributed by atoms with van der Waals surface area (Å²) in [6.45, 7) is 4.12. The van der Waals surface area contributed by atoms with Crippen LogP contribution in [0.25, 0.3) is 0 Å². The number of rotatable bonds is 0. The fourth-order valence-electron chi connectivity index (χ4n) is 1.67. The summed E-state index contributed by atoms with van der Waals surface area (Å²) in [5.74, 6) is 0. The molecular weight excluding hydrogens is 156 g/mol. The SMILES string of the molecule is CC1(C)C/C(=N/O)C/C(=N\O)C1. The third kappa shape index (κ3) is 1.96. The van der Waals surface area contributed by atoms with Gasteiger partial charge in [0.2, 0.25) is 0 Å². The van der Waals surface area contributed by atoms with Crippen molar-refractivity contribution in [1.82, 2.24) is 0 Å². The molecule has 0 spiro atoms. The summed E-state index contributed by atoms with van der Waals surface area (Å²) in [6, 6.07) is 0. The quantitative estimate of drug-likeness (QED) is 0.430. The second-order valence-corrected chi connectivity index (χ2v) is 4.03. The molecule has 0 aromatic heterocycles. The molecule has 1 rings (SSSR count). The Morgan fingerprint density at radius 1 is 1.08 bits per heavy atom. The van der Waals surface area contributed by atoms with Crippen molar-refractivity contribution in [3.8, 4) is 0 Å². The van der Waals surface area contributed by atoms with E-state index in [1.54, 1.807) is 0 Å². The minimum atomic E-state index is 0.0430. The van der Waals surface area contributed by atoms with Crippen LogP contribution in [-0.4, -0.2) is 21.8 Å². The highest BCUT2D eigenvalue weighted by Gasteiger charge is 2.29. The van der Waals surface area contributed by atoms with Gasteiger partial charge in [0.15, 0.2) is 0 Å². The average molecular weight is 170 g/mol. The minimum absolute atomic E-state index is 0.0430. The van der Waals surface area contributed by atoms with E-state index in [-0.39, 0.29) is 5.41 Å². The molecule has 2 N–H and O–H groups in total. The van der Waals surface area contributed by atoms with Crippen LogP contribution >= 0.6 is 0 Å². The van der Waals surface area contributed by atoms with Crippen molar-refractivity contribution in [2.75, 3.05) is 0 Å². The van der Waals surface area contributed by atoms with Crippen molar-refractivity contribution in [1.29, 1.82) is 0 Å².